The van der Waals surface area contributed by atoms with Crippen LogP contribution >= 0.6 is 0 Å². The van der Waals surface area contributed by atoms with Gasteiger partial charge in [-0.3, -0.25) is 14.9 Å². The highest BCUT2D eigenvalue weighted by Crippen LogP contribution is 2.32. The lowest BCUT2D eigenvalue weighted by Crippen LogP contribution is -2.17. The van der Waals surface area contributed by atoms with E-state index in [0.717, 1.165) is 0 Å². The molecular weight excluding hydrogens is 366 g/mol. The van der Waals surface area contributed by atoms with E-state index in [-0.39, 0.29) is 12.5 Å². The predicted octanol–water partition coefficient (Wildman–Crippen LogP) is 3.35. The van der Waals surface area contributed by atoms with E-state index in [0.29, 0.717) is 34.1 Å². The lowest BCUT2D eigenvalue weighted by Gasteiger charge is -2.01. The highest BCUT2D eigenvalue weighted by Gasteiger charge is 2.17. The first-order valence-corrected chi connectivity index (χ1v) is 8.18. The summed E-state index contributed by atoms with van der Waals surface area (Å²) in [6.45, 7) is 0.124. The molecule has 28 heavy (non-hydrogen) atoms. The molecule has 0 spiro atoms. The van der Waals surface area contributed by atoms with Crippen molar-refractivity contribution in [3.8, 4) is 22.8 Å². The number of benzene rings is 2. The molecular formula is C19H13N3O6. The van der Waals surface area contributed by atoms with Crippen LogP contribution in [0.25, 0.3) is 11.3 Å². The highest BCUT2D eigenvalue weighted by atomic mass is 16.7. The number of hydrogen-bond donors (Lipinski definition) is 1. The van der Waals surface area contributed by atoms with Crippen LogP contribution in [0, 0.1) is 10.1 Å². The van der Waals surface area contributed by atoms with Crippen LogP contribution in [0.4, 0.5) is 5.69 Å². The normalized spacial score (nSPS) is 12.3. The lowest BCUT2D eigenvalue weighted by atomic mass is 10.1. The molecule has 4 rings (SSSR count). The maximum absolute atomic E-state index is 12.2. The van der Waals surface area contributed by atoms with Gasteiger partial charge in [0.1, 0.15) is 11.5 Å². The van der Waals surface area contributed by atoms with E-state index in [1.165, 1.54) is 12.3 Å². The van der Waals surface area contributed by atoms with Gasteiger partial charge in [-0.15, -0.1) is 0 Å². The van der Waals surface area contributed by atoms with E-state index in [2.05, 4.69) is 10.5 Å². The lowest BCUT2D eigenvalue weighted by molar-refractivity contribution is -0.384. The SMILES string of the molecule is O=C(N/N=C\c1ccc(-c2ccccc2[N+](=O)[O-])o1)c1ccc2c(c1)OCO2. The minimum absolute atomic E-state index is 0.0588. The molecule has 0 unspecified atom stereocenters. The first-order valence-electron chi connectivity index (χ1n) is 8.18. The highest BCUT2D eigenvalue weighted by molar-refractivity contribution is 5.95. The van der Waals surface area contributed by atoms with Crippen LogP contribution in [0.5, 0.6) is 11.5 Å². The zero-order chi connectivity index (χ0) is 19.5. The third-order valence-electron chi connectivity index (χ3n) is 3.99. The van der Waals surface area contributed by atoms with Gasteiger partial charge in [-0.25, -0.2) is 5.43 Å². The van der Waals surface area contributed by atoms with Crippen LogP contribution in [0.2, 0.25) is 0 Å². The number of nitrogens with zero attached hydrogens (tertiary/aromatic N) is 2. The van der Waals surface area contributed by atoms with Crippen molar-refractivity contribution < 1.29 is 23.6 Å². The molecule has 1 N–H and O–H groups in total. The second kappa shape index (κ2) is 7.23. The smallest absolute Gasteiger partial charge is 0.280 e. The van der Waals surface area contributed by atoms with Gasteiger partial charge in [0.2, 0.25) is 6.79 Å². The number of hydrazone groups is 1. The molecule has 2 aromatic carbocycles. The van der Waals surface area contributed by atoms with Crippen molar-refractivity contribution in [3.63, 3.8) is 0 Å². The molecule has 2 heterocycles. The molecule has 0 fully saturated rings. The Hall–Kier alpha value is -4.14. The molecule has 1 aliphatic heterocycles. The largest absolute Gasteiger partial charge is 0.455 e. The molecule has 0 saturated carbocycles. The van der Waals surface area contributed by atoms with Gasteiger partial charge in [0.05, 0.1) is 16.7 Å². The third kappa shape index (κ3) is 3.40. The third-order valence-corrected chi connectivity index (χ3v) is 3.99. The molecule has 0 aliphatic carbocycles. The molecule has 3 aromatic rings. The van der Waals surface area contributed by atoms with E-state index >= 15 is 0 Å². The predicted molar refractivity (Wildman–Crippen MR) is 98.4 cm³/mol. The second-order valence-corrected chi connectivity index (χ2v) is 5.74. The number of nitro groups is 1. The monoisotopic (exact) mass is 379 g/mol. The van der Waals surface area contributed by atoms with Gasteiger partial charge in [-0.05, 0) is 36.4 Å². The summed E-state index contributed by atoms with van der Waals surface area (Å²) < 4.78 is 16.0. The summed E-state index contributed by atoms with van der Waals surface area (Å²) in [5, 5.41) is 15.0. The first-order chi connectivity index (χ1) is 13.6. The average molecular weight is 379 g/mol. The number of ether oxygens (including phenoxy) is 2. The van der Waals surface area contributed by atoms with Gasteiger partial charge in [0, 0.05) is 11.6 Å². The van der Waals surface area contributed by atoms with Crippen molar-refractivity contribution in [2.24, 2.45) is 5.10 Å². The Balaban J connectivity index is 1.45. The van der Waals surface area contributed by atoms with Gasteiger partial charge < -0.3 is 13.9 Å². The van der Waals surface area contributed by atoms with Gasteiger partial charge in [0.25, 0.3) is 11.6 Å². The number of fused-ring (bicyclic) bond motifs is 1. The molecule has 0 radical (unpaired) electrons. The number of furan rings is 1. The standard InChI is InChI=1S/C19H13N3O6/c23-19(12-5-7-17-18(9-12)27-11-26-17)21-20-10-13-6-8-16(28-13)14-3-1-2-4-15(14)22(24)25/h1-10H,11H2,(H,21,23)/b20-10-. The van der Waals surface area contributed by atoms with Gasteiger partial charge in [-0.1, -0.05) is 12.1 Å². The van der Waals surface area contributed by atoms with Gasteiger partial charge in [0.15, 0.2) is 11.5 Å². The Morgan fingerprint density at radius 2 is 1.93 bits per heavy atom. The maximum Gasteiger partial charge on any atom is 0.280 e. The Labute approximate surface area is 158 Å². The van der Waals surface area contributed by atoms with Crippen LogP contribution in [0.1, 0.15) is 16.1 Å². The summed E-state index contributed by atoms with van der Waals surface area (Å²) >= 11 is 0. The number of nitro benzene ring substituents is 1. The van der Waals surface area contributed by atoms with E-state index < -0.39 is 10.8 Å². The molecule has 140 valence electrons. The van der Waals surface area contributed by atoms with Crippen LogP contribution in [-0.4, -0.2) is 23.8 Å². The fourth-order valence-electron chi connectivity index (χ4n) is 2.67. The van der Waals surface area contributed by atoms with Crippen LogP contribution in [0.3, 0.4) is 0 Å². The average Bonchev–Trinajstić information content (AvgIpc) is 3.36. The van der Waals surface area contributed by atoms with E-state index in [9.17, 15) is 14.9 Å². The van der Waals surface area contributed by atoms with Crippen molar-refractivity contribution in [2.75, 3.05) is 6.79 Å². The Bertz CT molecular complexity index is 1090. The zero-order valence-electron chi connectivity index (χ0n) is 14.3. The summed E-state index contributed by atoms with van der Waals surface area (Å²) in [6, 6.07) is 14.3. The molecule has 1 amide bonds. The number of carbonyl (C=O) groups excluding carboxylic acids is 1. The van der Waals surface area contributed by atoms with E-state index in [1.807, 2.05) is 0 Å². The van der Waals surface area contributed by atoms with Crippen molar-refractivity contribution in [2.45, 2.75) is 0 Å². The van der Waals surface area contributed by atoms with E-state index in [1.54, 1.807) is 48.5 Å². The van der Waals surface area contributed by atoms with Crippen molar-refractivity contribution in [3.05, 3.63) is 76.0 Å². The summed E-state index contributed by atoms with van der Waals surface area (Å²) in [4.78, 5) is 22.8. The molecule has 0 bridgehead atoms. The fraction of sp³-hybridized carbons (Fsp3) is 0.0526. The molecule has 0 saturated heterocycles. The Morgan fingerprint density at radius 3 is 2.79 bits per heavy atom. The number of para-hydroxylation sites is 1. The number of carbonyl (C=O) groups is 1. The number of hydrogen-bond acceptors (Lipinski definition) is 7. The Morgan fingerprint density at radius 1 is 1.11 bits per heavy atom. The van der Waals surface area contributed by atoms with E-state index in [4.69, 9.17) is 13.9 Å². The molecule has 9 heteroatoms. The summed E-state index contributed by atoms with van der Waals surface area (Å²) in [7, 11) is 0. The fourth-order valence-corrected chi connectivity index (χ4v) is 2.67. The molecule has 1 aliphatic rings. The van der Waals surface area contributed by atoms with Crippen molar-refractivity contribution in [1.29, 1.82) is 0 Å². The van der Waals surface area contributed by atoms with Crippen molar-refractivity contribution in [1.82, 2.24) is 5.43 Å². The number of rotatable bonds is 5. The first kappa shape index (κ1) is 17.3. The number of nitrogens with one attached hydrogen (secondary N) is 1. The topological polar surface area (TPSA) is 116 Å². The van der Waals surface area contributed by atoms with Gasteiger partial charge >= 0.3 is 0 Å². The minimum Gasteiger partial charge on any atom is -0.455 e. The summed E-state index contributed by atoms with van der Waals surface area (Å²) in [5.74, 6) is 1.31. The van der Waals surface area contributed by atoms with Crippen LogP contribution < -0.4 is 14.9 Å². The van der Waals surface area contributed by atoms with Crippen LogP contribution in [-0.2, 0) is 0 Å². The second-order valence-electron chi connectivity index (χ2n) is 5.74. The summed E-state index contributed by atoms with van der Waals surface area (Å²) in [5.41, 5.74) is 3.04. The maximum atomic E-state index is 12.2. The quantitative estimate of drug-likeness (QED) is 0.413. The van der Waals surface area contributed by atoms with Gasteiger partial charge in [-0.2, -0.15) is 5.10 Å². The summed E-state index contributed by atoms with van der Waals surface area (Å²) in [6.07, 6.45) is 1.31. The Kier molecular flexibility index (Phi) is 4.47. The molecule has 1 aromatic heterocycles. The van der Waals surface area contributed by atoms with Crippen molar-refractivity contribution >= 4 is 17.8 Å². The number of amides is 1. The zero-order valence-corrected chi connectivity index (χ0v) is 14.3. The molecule has 0 atom stereocenters. The minimum atomic E-state index is -0.475. The van der Waals surface area contributed by atoms with Crippen LogP contribution in [0.15, 0.2) is 64.1 Å². The molecule has 9 nitrogen and oxygen atoms in total.